The van der Waals surface area contributed by atoms with Crippen molar-refractivity contribution in [2.24, 2.45) is 0 Å². The highest BCUT2D eigenvalue weighted by Crippen LogP contribution is 2.26. The summed E-state index contributed by atoms with van der Waals surface area (Å²) in [5.41, 5.74) is 0.573. The number of benzene rings is 2. The summed E-state index contributed by atoms with van der Waals surface area (Å²) in [5.74, 6) is -0.679. The zero-order chi connectivity index (χ0) is 16.7. The predicted octanol–water partition coefficient (Wildman–Crippen LogP) is 3.92. The van der Waals surface area contributed by atoms with Crippen molar-refractivity contribution in [1.29, 1.82) is 0 Å². The minimum Gasteiger partial charge on any atom is -0.478 e. The third-order valence-corrected chi connectivity index (χ3v) is 4.50. The number of fused-ring (bicyclic) bond motifs is 1. The molecule has 0 aliphatic carbocycles. The maximum Gasteiger partial charge on any atom is 0.337 e. The lowest BCUT2D eigenvalue weighted by atomic mass is 10.1. The van der Waals surface area contributed by atoms with Gasteiger partial charge < -0.3 is 5.11 Å². The second kappa shape index (κ2) is 5.90. The average Bonchev–Trinajstić information content (AvgIpc) is 2.49. The Labute approximate surface area is 147 Å². The van der Waals surface area contributed by atoms with Gasteiger partial charge in [0.15, 0.2) is 0 Å². The number of aromatic nitrogens is 2. The standard InChI is InChI=1S/C16H10Br2N2O3/c1-8-19-14-11(6-9(17)7-12(14)18)15(21)20(8)13-5-3-2-4-10(13)16(22)23/h2-7H,1H3,(H,22,23). The number of carboxylic acids is 1. The molecular weight excluding hydrogens is 428 g/mol. The van der Waals surface area contributed by atoms with Crippen LogP contribution in [0.1, 0.15) is 16.2 Å². The smallest absolute Gasteiger partial charge is 0.337 e. The fourth-order valence-corrected chi connectivity index (χ4v) is 3.77. The molecule has 2 aromatic carbocycles. The van der Waals surface area contributed by atoms with Crippen LogP contribution in [-0.2, 0) is 0 Å². The first-order chi connectivity index (χ1) is 10.9. The highest BCUT2D eigenvalue weighted by molar-refractivity contribution is 9.11. The number of para-hydroxylation sites is 1. The fourth-order valence-electron chi connectivity index (χ4n) is 2.46. The summed E-state index contributed by atoms with van der Waals surface area (Å²) in [7, 11) is 0. The van der Waals surface area contributed by atoms with Gasteiger partial charge in [0, 0.05) is 8.95 Å². The second-order valence-electron chi connectivity index (χ2n) is 4.91. The van der Waals surface area contributed by atoms with E-state index in [-0.39, 0.29) is 11.1 Å². The Bertz CT molecular complexity index is 1010. The molecule has 0 atom stereocenters. The molecule has 1 aromatic heterocycles. The monoisotopic (exact) mass is 436 g/mol. The molecule has 5 nitrogen and oxygen atoms in total. The SMILES string of the molecule is Cc1nc2c(Br)cc(Br)cc2c(=O)n1-c1ccccc1C(=O)O. The molecule has 0 spiro atoms. The van der Waals surface area contributed by atoms with Crippen molar-refractivity contribution < 1.29 is 9.90 Å². The van der Waals surface area contributed by atoms with Crippen molar-refractivity contribution in [1.82, 2.24) is 9.55 Å². The Morgan fingerprint density at radius 3 is 2.61 bits per heavy atom. The third kappa shape index (κ3) is 2.70. The van der Waals surface area contributed by atoms with Crippen molar-refractivity contribution in [2.75, 3.05) is 0 Å². The van der Waals surface area contributed by atoms with Crippen molar-refractivity contribution in [3.8, 4) is 5.69 Å². The topological polar surface area (TPSA) is 72.2 Å². The quantitative estimate of drug-likeness (QED) is 0.659. The van der Waals surface area contributed by atoms with Crippen LogP contribution in [-0.4, -0.2) is 20.6 Å². The molecule has 7 heteroatoms. The average molecular weight is 438 g/mol. The predicted molar refractivity (Wildman–Crippen MR) is 94.4 cm³/mol. The first-order valence-electron chi connectivity index (χ1n) is 6.61. The van der Waals surface area contributed by atoms with Gasteiger partial charge in [0.2, 0.25) is 0 Å². The molecule has 0 bridgehead atoms. The van der Waals surface area contributed by atoms with Gasteiger partial charge in [0.1, 0.15) is 5.82 Å². The maximum absolute atomic E-state index is 12.9. The van der Waals surface area contributed by atoms with Gasteiger partial charge in [-0.1, -0.05) is 28.1 Å². The van der Waals surface area contributed by atoms with Gasteiger partial charge in [-0.3, -0.25) is 9.36 Å². The van der Waals surface area contributed by atoms with E-state index in [1.165, 1.54) is 10.6 Å². The van der Waals surface area contributed by atoms with E-state index in [0.29, 0.717) is 26.9 Å². The highest BCUT2D eigenvalue weighted by Gasteiger charge is 2.17. The Hall–Kier alpha value is -1.99. The Morgan fingerprint density at radius 2 is 1.91 bits per heavy atom. The van der Waals surface area contributed by atoms with E-state index in [9.17, 15) is 14.7 Å². The number of hydrogen-bond donors (Lipinski definition) is 1. The van der Waals surface area contributed by atoms with Gasteiger partial charge in [-0.05, 0) is 47.1 Å². The first-order valence-corrected chi connectivity index (χ1v) is 8.20. The zero-order valence-corrected chi connectivity index (χ0v) is 15.1. The van der Waals surface area contributed by atoms with Crippen molar-refractivity contribution in [2.45, 2.75) is 6.92 Å². The van der Waals surface area contributed by atoms with Crippen LogP contribution in [0.25, 0.3) is 16.6 Å². The summed E-state index contributed by atoms with van der Waals surface area (Å²) < 4.78 is 2.75. The van der Waals surface area contributed by atoms with E-state index < -0.39 is 5.97 Å². The van der Waals surface area contributed by atoms with E-state index in [0.717, 1.165) is 4.47 Å². The van der Waals surface area contributed by atoms with Crippen LogP contribution < -0.4 is 5.56 Å². The zero-order valence-electron chi connectivity index (χ0n) is 11.9. The van der Waals surface area contributed by atoms with Gasteiger partial charge in [0.05, 0.1) is 22.2 Å². The lowest BCUT2D eigenvalue weighted by molar-refractivity contribution is 0.0697. The van der Waals surface area contributed by atoms with E-state index in [1.54, 1.807) is 31.2 Å². The lowest BCUT2D eigenvalue weighted by Crippen LogP contribution is -2.24. The van der Waals surface area contributed by atoms with Crippen LogP contribution in [0.3, 0.4) is 0 Å². The van der Waals surface area contributed by atoms with Gasteiger partial charge in [0.25, 0.3) is 5.56 Å². The molecule has 116 valence electrons. The van der Waals surface area contributed by atoms with Crippen LogP contribution in [0.5, 0.6) is 0 Å². The van der Waals surface area contributed by atoms with E-state index in [2.05, 4.69) is 36.8 Å². The maximum atomic E-state index is 12.9. The number of carboxylic acid groups (broad SMARTS) is 1. The Morgan fingerprint density at radius 1 is 1.22 bits per heavy atom. The summed E-state index contributed by atoms with van der Waals surface area (Å²) in [5, 5.41) is 9.76. The molecule has 3 aromatic rings. The van der Waals surface area contributed by atoms with Crippen molar-refractivity contribution >= 4 is 48.7 Å². The van der Waals surface area contributed by atoms with Crippen LogP contribution in [0, 0.1) is 6.92 Å². The summed E-state index contributed by atoms with van der Waals surface area (Å²) >= 11 is 6.75. The molecule has 0 aliphatic rings. The van der Waals surface area contributed by atoms with Gasteiger partial charge in [-0.25, -0.2) is 9.78 Å². The number of aromatic carboxylic acids is 1. The van der Waals surface area contributed by atoms with E-state index in [1.807, 2.05) is 6.07 Å². The fraction of sp³-hybridized carbons (Fsp3) is 0.0625. The van der Waals surface area contributed by atoms with E-state index in [4.69, 9.17) is 0 Å². The summed E-state index contributed by atoms with van der Waals surface area (Å²) in [6.45, 7) is 1.67. The largest absolute Gasteiger partial charge is 0.478 e. The van der Waals surface area contributed by atoms with Crippen LogP contribution in [0.15, 0.2) is 50.1 Å². The summed E-state index contributed by atoms with van der Waals surface area (Å²) in [6, 6.07) is 9.85. The minimum absolute atomic E-state index is 0.0490. The molecule has 3 rings (SSSR count). The van der Waals surface area contributed by atoms with Gasteiger partial charge in [-0.15, -0.1) is 0 Å². The van der Waals surface area contributed by atoms with Crippen LogP contribution in [0.2, 0.25) is 0 Å². The molecule has 1 heterocycles. The molecule has 0 unspecified atom stereocenters. The highest BCUT2D eigenvalue weighted by atomic mass is 79.9. The molecule has 0 fully saturated rings. The van der Waals surface area contributed by atoms with Gasteiger partial charge >= 0.3 is 5.97 Å². The number of nitrogens with zero attached hydrogens (tertiary/aromatic N) is 2. The molecule has 23 heavy (non-hydrogen) atoms. The van der Waals surface area contributed by atoms with Crippen molar-refractivity contribution in [3.63, 3.8) is 0 Å². The molecule has 1 N–H and O–H groups in total. The van der Waals surface area contributed by atoms with Crippen molar-refractivity contribution in [3.05, 3.63) is 67.1 Å². The van der Waals surface area contributed by atoms with Crippen LogP contribution >= 0.6 is 31.9 Å². The number of hydrogen-bond acceptors (Lipinski definition) is 3. The third-order valence-electron chi connectivity index (χ3n) is 3.43. The number of halogens is 2. The first kappa shape index (κ1) is 15.9. The molecular formula is C16H10Br2N2O3. The normalized spacial score (nSPS) is 10.9. The summed E-state index contributed by atoms with van der Waals surface area (Å²) in [4.78, 5) is 28.8. The number of aryl methyl sites for hydroxylation is 1. The number of rotatable bonds is 2. The second-order valence-corrected chi connectivity index (χ2v) is 6.68. The molecule has 0 aliphatic heterocycles. The molecule has 0 radical (unpaired) electrons. The molecule has 0 saturated carbocycles. The van der Waals surface area contributed by atoms with Crippen LogP contribution in [0.4, 0.5) is 0 Å². The number of carbonyl (C=O) groups is 1. The summed E-state index contributed by atoms with van der Waals surface area (Å²) in [6.07, 6.45) is 0. The van der Waals surface area contributed by atoms with E-state index >= 15 is 0 Å². The van der Waals surface area contributed by atoms with Gasteiger partial charge in [-0.2, -0.15) is 0 Å². The minimum atomic E-state index is -1.09. The molecule has 0 saturated heterocycles. The Balaban J connectivity index is 2.45. The Kier molecular flexibility index (Phi) is 4.08. The molecule has 0 amide bonds. The lowest BCUT2D eigenvalue weighted by Gasteiger charge is -2.13.